The van der Waals surface area contributed by atoms with Gasteiger partial charge in [0.1, 0.15) is 5.82 Å². The number of anilines is 1. The van der Waals surface area contributed by atoms with E-state index in [0.29, 0.717) is 11.7 Å². The van der Waals surface area contributed by atoms with Crippen LogP contribution in [0.4, 0.5) is 5.82 Å². The molecule has 2 N–H and O–H groups in total. The van der Waals surface area contributed by atoms with E-state index in [4.69, 9.17) is 10.5 Å². The molecule has 5 nitrogen and oxygen atoms in total. The molecule has 0 aliphatic rings. The second kappa shape index (κ2) is 3.61. The van der Waals surface area contributed by atoms with Crippen LogP contribution in [0.5, 0.6) is 5.88 Å². The summed E-state index contributed by atoms with van der Waals surface area (Å²) in [7, 11) is 1.58. The molecule has 2 heterocycles. The zero-order valence-electron chi connectivity index (χ0n) is 8.64. The predicted octanol–water partition coefficient (Wildman–Crippen LogP) is 1.17. The maximum atomic E-state index is 5.67. The first-order valence-electron chi connectivity index (χ1n) is 4.53. The SMILES string of the molecule is COc1cc(-n2cc(C)c(N)n2)ccn1. The van der Waals surface area contributed by atoms with Gasteiger partial charge >= 0.3 is 0 Å². The highest BCUT2D eigenvalue weighted by atomic mass is 16.5. The summed E-state index contributed by atoms with van der Waals surface area (Å²) in [5, 5.41) is 4.17. The molecule has 0 fully saturated rings. The van der Waals surface area contributed by atoms with Crippen molar-refractivity contribution in [2.45, 2.75) is 6.92 Å². The Bertz CT molecular complexity index is 459. The number of pyridine rings is 1. The molecule has 0 aromatic carbocycles. The van der Waals surface area contributed by atoms with Crippen LogP contribution in [0, 0.1) is 6.92 Å². The maximum absolute atomic E-state index is 5.67. The minimum absolute atomic E-state index is 0.533. The maximum Gasteiger partial charge on any atom is 0.215 e. The summed E-state index contributed by atoms with van der Waals surface area (Å²) >= 11 is 0. The molecular weight excluding hydrogens is 192 g/mol. The molecule has 0 bridgehead atoms. The third-order valence-corrected chi connectivity index (χ3v) is 2.13. The van der Waals surface area contributed by atoms with Crippen LogP contribution in [0.15, 0.2) is 24.5 Å². The lowest BCUT2D eigenvalue weighted by Gasteiger charge is -2.02. The second-order valence-electron chi connectivity index (χ2n) is 3.20. The Hall–Kier alpha value is -2.04. The third-order valence-electron chi connectivity index (χ3n) is 2.13. The van der Waals surface area contributed by atoms with Gasteiger partial charge in [0.25, 0.3) is 0 Å². The molecule has 2 aromatic heterocycles. The van der Waals surface area contributed by atoms with Gasteiger partial charge in [-0.05, 0) is 13.0 Å². The van der Waals surface area contributed by atoms with Crippen molar-refractivity contribution in [2.24, 2.45) is 0 Å². The fourth-order valence-electron chi connectivity index (χ4n) is 1.26. The first kappa shape index (κ1) is 9.51. The van der Waals surface area contributed by atoms with E-state index in [9.17, 15) is 0 Å². The van der Waals surface area contributed by atoms with Crippen molar-refractivity contribution in [1.29, 1.82) is 0 Å². The molecule has 0 radical (unpaired) electrons. The van der Waals surface area contributed by atoms with Gasteiger partial charge in [-0.25, -0.2) is 9.67 Å². The van der Waals surface area contributed by atoms with E-state index >= 15 is 0 Å². The van der Waals surface area contributed by atoms with Gasteiger partial charge in [-0.2, -0.15) is 5.10 Å². The molecule has 5 heteroatoms. The monoisotopic (exact) mass is 204 g/mol. The first-order valence-corrected chi connectivity index (χ1v) is 4.53. The summed E-state index contributed by atoms with van der Waals surface area (Å²) in [6, 6.07) is 3.64. The number of hydrogen-bond acceptors (Lipinski definition) is 4. The summed E-state index contributed by atoms with van der Waals surface area (Å²) in [5.41, 5.74) is 7.50. The number of aryl methyl sites for hydroxylation is 1. The minimum atomic E-state index is 0.533. The van der Waals surface area contributed by atoms with Gasteiger partial charge in [-0.15, -0.1) is 0 Å². The second-order valence-corrected chi connectivity index (χ2v) is 3.20. The highest BCUT2D eigenvalue weighted by Gasteiger charge is 2.04. The van der Waals surface area contributed by atoms with E-state index in [1.54, 1.807) is 24.1 Å². The van der Waals surface area contributed by atoms with Gasteiger partial charge in [-0.1, -0.05) is 0 Å². The lowest BCUT2D eigenvalue weighted by Crippen LogP contribution is -1.97. The molecule has 0 atom stereocenters. The zero-order chi connectivity index (χ0) is 10.8. The van der Waals surface area contributed by atoms with Crippen LogP contribution in [-0.4, -0.2) is 21.9 Å². The molecule has 78 valence electrons. The van der Waals surface area contributed by atoms with Crippen LogP contribution < -0.4 is 10.5 Å². The van der Waals surface area contributed by atoms with Crippen molar-refractivity contribution in [3.8, 4) is 11.6 Å². The predicted molar refractivity (Wildman–Crippen MR) is 57.1 cm³/mol. The molecule has 0 spiro atoms. The Morgan fingerprint density at radius 1 is 1.47 bits per heavy atom. The normalized spacial score (nSPS) is 10.3. The lowest BCUT2D eigenvalue weighted by molar-refractivity contribution is 0.397. The van der Waals surface area contributed by atoms with Crippen LogP contribution in [0.25, 0.3) is 5.69 Å². The van der Waals surface area contributed by atoms with Gasteiger partial charge in [0, 0.05) is 24.0 Å². The number of aromatic nitrogens is 3. The molecular formula is C10H12N4O. The smallest absolute Gasteiger partial charge is 0.215 e. The van der Waals surface area contributed by atoms with Gasteiger partial charge in [0.05, 0.1) is 12.8 Å². The number of nitrogens with two attached hydrogens (primary N) is 1. The average Bonchev–Trinajstić information content (AvgIpc) is 2.59. The van der Waals surface area contributed by atoms with Crippen molar-refractivity contribution in [1.82, 2.24) is 14.8 Å². The van der Waals surface area contributed by atoms with E-state index in [1.807, 2.05) is 19.2 Å². The molecule has 0 saturated heterocycles. The van der Waals surface area contributed by atoms with E-state index in [-0.39, 0.29) is 0 Å². The van der Waals surface area contributed by atoms with Crippen molar-refractivity contribution >= 4 is 5.82 Å². The summed E-state index contributed by atoms with van der Waals surface area (Å²) in [4.78, 5) is 4.02. The number of hydrogen-bond donors (Lipinski definition) is 1. The van der Waals surface area contributed by atoms with Gasteiger partial charge in [0.15, 0.2) is 0 Å². The van der Waals surface area contributed by atoms with Crippen LogP contribution >= 0.6 is 0 Å². The molecule has 0 aliphatic heterocycles. The van der Waals surface area contributed by atoms with E-state index in [1.165, 1.54) is 0 Å². The number of ether oxygens (including phenoxy) is 1. The van der Waals surface area contributed by atoms with Crippen LogP contribution in [0.2, 0.25) is 0 Å². The number of methoxy groups -OCH3 is 1. The van der Waals surface area contributed by atoms with E-state index < -0.39 is 0 Å². The average molecular weight is 204 g/mol. The number of rotatable bonds is 2. The van der Waals surface area contributed by atoms with Gasteiger partial charge in [0.2, 0.25) is 5.88 Å². The van der Waals surface area contributed by atoms with Gasteiger partial charge in [-0.3, -0.25) is 0 Å². The first-order chi connectivity index (χ1) is 7.20. The highest BCUT2D eigenvalue weighted by molar-refractivity contribution is 5.41. The molecule has 0 aliphatic carbocycles. The van der Waals surface area contributed by atoms with Crippen LogP contribution in [-0.2, 0) is 0 Å². The molecule has 2 aromatic rings. The summed E-state index contributed by atoms with van der Waals surface area (Å²) in [5.74, 6) is 1.09. The molecule has 0 amide bonds. The summed E-state index contributed by atoms with van der Waals surface area (Å²) in [6.45, 7) is 1.91. The standard InChI is InChI=1S/C10H12N4O/c1-7-6-14(13-10(7)11)8-3-4-12-9(5-8)15-2/h3-6H,1-2H3,(H2,11,13). The van der Waals surface area contributed by atoms with Crippen molar-refractivity contribution in [3.63, 3.8) is 0 Å². The summed E-state index contributed by atoms with van der Waals surface area (Å²) in [6.07, 6.45) is 3.53. The highest BCUT2D eigenvalue weighted by Crippen LogP contribution is 2.15. The van der Waals surface area contributed by atoms with E-state index in [2.05, 4.69) is 10.1 Å². The lowest BCUT2D eigenvalue weighted by atomic mass is 10.4. The molecule has 2 rings (SSSR count). The zero-order valence-corrected chi connectivity index (χ0v) is 8.64. The molecule has 0 saturated carbocycles. The van der Waals surface area contributed by atoms with Crippen molar-refractivity contribution < 1.29 is 4.74 Å². The Morgan fingerprint density at radius 3 is 2.87 bits per heavy atom. The Kier molecular flexibility index (Phi) is 2.29. The Morgan fingerprint density at radius 2 is 2.27 bits per heavy atom. The quantitative estimate of drug-likeness (QED) is 0.797. The van der Waals surface area contributed by atoms with Crippen LogP contribution in [0.3, 0.4) is 0 Å². The largest absolute Gasteiger partial charge is 0.481 e. The Labute approximate surface area is 87.5 Å². The number of nitrogens with zero attached hydrogens (tertiary/aromatic N) is 3. The minimum Gasteiger partial charge on any atom is -0.481 e. The molecule has 0 unspecified atom stereocenters. The topological polar surface area (TPSA) is 66.0 Å². The number of nitrogen functional groups attached to an aromatic ring is 1. The summed E-state index contributed by atoms with van der Waals surface area (Å²) < 4.78 is 6.73. The van der Waals surface area contributed by atoms with E-state index in [0.717, 1.165) is 11.3 Å². The fourth-order valence-corrected chi connectivity index (χ4v) is 1.26. The van der Waals surface area contributed by atoms with Crippen molar-refractivity contribution in [2.75, 3.05) is 12.8 Å². The third kappa shape index (κ3) is 1.76. The Balaban J connectivity index is 2.44. The van der Waals surface area contributed by atoms with Crippen LogP contribution in [0.1, 0.15) is 5.56 Å². The van der Waals surface area contributed by atoms with Crippen molar-refractivity contribution in [3.05, 3.63) is 30.1 Å². The fraction of sp³-hybridized carbons (Fsp3) is 0.200. The molecule has 15 heavy (non-hydrogen) atoms. The van der Waals surface area contributed by atoms with Gasteiger partial charge < -0.3 is 10.5 Å².